The Labute approximate surface area is 133 Å². The molecule has 5 nitrogen and oxygen atoms in total. The maximum absolute atomic E-state index is 12.4. The van der Waals surface area contributed by atoms with Crippen LogP contribution >= 0.6 is 0 Å². The number of alkyl halides is 2. The molecule has 0 aliphatic heterocycles. The number of rotatable bonds is 6. The van der Waals surface area contributed by atoms with Crippen molar-refractivity contribution in [1.82, 2.24) is 10.3 Å². The van der Waals surface area contributed by atoms with E-state index in [1.807, 2.05) is 0 Å². The Morgan fingerprint density at radius 2 is 2.09 bits per heavy atom. The fourth-order valence-corrected chi connectivity index (χ4v) is 2.09. The number of pyridine rings is 1. The Hall–Kier alpha value is -2.44. The topological polar surface area (TPSA) is 63.2 Å². The van der Waals surface area contributed by atoms with E-state index in [0.29, 0.717) is 23.5 Å². The number of hydrogen-bond donors (Lipinski definition) is 2. The van der Waals surface area contributed by atoms with Crippen molar-refractivity contribution in [3.63, 3.8) is 0 Å². The van der Waals surface area contributed by atoms with E-state index in [2.05, 4.69) is 34.2 Å². The van der Waals surface area contributed by atoms with E-state index < -0.39 is 6.61 Å². The molecule has 1 aromatic carbocycles. The first kappa shape index (κ1) is 16.9. The van der Waals surface area contributed by atoms with Crippen LogP contribution in [0.3, 0.4) is 0 Å². The Balaban J connectivity index is 2.17. The Morgan fingerprint density at radius 3 is 2.78 bits per heavy atom. The summed E-state index contributed by atoms with van der Waals surface area (Å²) in [5.41, 5.74) is 0.754. The van der Waals surface area contributed by atoms with Crippen molar-refractivity contribution >= 4 is 22.6 Å². The van der Waals surface area contributed by atoms with Crippen molar-refractivity contribution in [2.24, 2.45) is 5.92 Å². The average molecular weight is 323 g/mol. The van der Waals surface area contributed by atoms with E-state index in [1.165, 1.54) is 18.3 Å². The number of carbonyl (C=O) groups excluding carboxylic acids is 1. The fraction of sp³-hybridized carbons (Fsp3) is 0.375. The van der Waals surface area contributed by atoms with Gasteiger partial charge < -0.3 is 15.4 Å². The first-order valence-corrected chi connectivity index (χ1v) is 7.34. The lowest BCUT2D eigenvalue weighted by Gasteiger charge is -2.13. The molecule has 0 saturated heterocycles. The first-order chi connectivity index (χ1) is 11.0. The number of aromatic nitrogens is 1. The molecule has 0 unspecified atom stereocenters. The number of urea groups is 1. The quantitative estimate of drug-likeness (QED) is 0.844. The number of amides is 2. The maximum Gasteiger partial charge on any atom is 0.387 e. The molecule has 0 fully saturated rings. The molecule has 0 saturated carbocycles. The largest absolute Gasteiger partial charge is 0.432 e. The maximum atomic E-state index is 12.4. The van der Waals surface area contributed by atoms with Crippen molar-refractivity contribution < 1.29 is 18.3 Å². The highest BCUT2D eigenvalue weighted by molar-refractivity contribution is 6.02. The van der Waals surface area contributed by atoms with Crippen LogP contribution in [0.5, 0.6) is 5.75 Å². The van der Waals surface area contributed by atoms with Gasteiger partial charge in [0.1, 0.15) is 5.52 Å². The summed E-state index contributed by atoms with van der Waals surface area (Å²) in [7, 11) is 0. The van der Waals surface area contributed by atoms with Crippen LogP contribution in [0.15, 0.2) is 30.5 Å². The van der Waals surface area contributed by atoms with Crippen LogP contribution in [-0.4, -0.2) is 24.2 Å². The minimum atomic E-state index is -2.93. The number of ether oxygens (including phenoxy) is 1. The number of hydrogen-bond acceptors (Lipinski definition) is 3. The summed E-state index contributed by atoms with van der Waals surface area (Å²) in [4.78, 5) is 16.0. The molecular weight excluding hydrogens is 304 g/mol. The summed E-state index contributed by atoms with van der Waals surface area (Å²) < 4.78 is 29.3. The van der Waals surface area contributed by atoms with Crippen molar-refractivity contribution in [2.45, 2.75) is 26.9 Å². The Morgan fingerprint density at radius 1 is 1.30 bits per heavy atom. The lowest BCUT2D eigenvalue weighted by atomic mass is 10.1. The Kier molecular flexibility index (Phi) is 5.67. The molecular formula is C16H19F2N3O2. The highest BCUT2D eigenvalue weighted by atomic mass is 19.3. The number of benzene rings is 1. The SMILES string of the molecule is CC(C)CCNC(=O)Nc1ccc(OC(F)F)c2ncccc12. The zero-order valence-electron chi connectivity index (χ0n) is 13.0. The van der Waals surface area contributed by atoms with Gasteiger partial charge in [0.05, 0.1) is 5.69 Å². The summed E-state index contributed by atoms with van der Waals surface area (Å²) >= 11 is 0. The zero-order chi connectivity index (χ0) is 16.8. The van der Waals surface area contributed by atoms with Crippen LogP contribution in [0.2, 0.25) is 0 Å². The predicted octanol–water partition coefficient (Wildman–Crippen LogP) is 4.00. The number of halogens is 2. The second kappa shape index (κ2) is 7.71. The van der Waals surface area contributed by atoms with Crippen molar-refractivity contribution in [2.75, 3.05) is 11.9 Å². The number of carbonyl (C=O) groups is 1. The number of fused-ring (bicyclic) bond motifs is 1. The second-order valence-electron chi connectivity index (χ2n) is 5.45. The third kappa shape index (κ3) is 4.77. The van der Waals surface area contributed by atoms with Crippen LogP contribution in [-0.2, 0) is 0 Å². The van der Waals surface area contributed by atoms with E-state index in [1.54, 1.807) is 12.1 Å². The van der Waals surface area contributed by atoms with E-state index in [0.717, 1.165) is 6.42 Å². The first-order valence-electron chi connectivity index (χ1n) is 7.34. The van der Waals surface area contributed by atoms with Gasteiger partial charge in [-0.3, -0.25) is 4.98 Å². The van der Waals surface area contributed by atoms with Gasteiger partial charge in [0.15, 0.2) is 5.75 Å². The Bertz CT molecular complexity index is 677. The van der Waals surface area contributed by atoms with Crippen molar-refractivity contribution in [3.8, 4) is 5.75 Å². The van der Waals surface area contributed by atoms with Crippen LogP contribution in [0.1, 0.15) is 20.3 Å². The highest BCUT2D eigenvalue weighted by Crippen LogP contribution is 2.30. The van der Waals surface area contributed by atoms with E-state index in [4.69, 9.17) is 0 Å². The van der Waals surface area contributed by atoms with Gasteiger partial charge in [-0.1, -0.05) is 13.8 Å². The average Bonchev–Trinajstić information content (AvgIpc) is 2.49. The molecule has 124 valence electrons. The summed E-state index contributed by atoms with van der Waals surface area (Å²) in [5.74, 6) is 0.465. The van der Waals surface area contributed by atoms with E-state index >= 15 is 0 Å². The summed E-state index contributed by atoms with van der Waals surface area (Å²) in [6.07, 6.45) is 2.35. The third-order valence-corrected chi connectivity index (χ3v) is 3.20. The molecule has 7 heteroatoms. The van der Waals surface area contributed by atoms with Crippen LogP contribution in [0.25, 0.3) is 10.9 Å². The summed E-state index contributed by atoms with van der Waals surface area (Å²) in [6.45, 7) is 1.77. The van der Waals surface area contributed by atoms with Gasteiger partial charge in [-0.05, 0) is 36.6 Å². The fourth-order valence-electron chi connectivity index (χ4n) is 2.09. The normalized spacial score (nSPS) is 11.0. The van der Waals surface area contributed by atoms with Gasteiger partial charge in [0.2, 0.25) is 0 Å². The molecule has 1 aromatic heterocycles. The van der Waals surface area contributed by atoms with Gasteiger partial charge in [-0.25, -0.2) is 4.79 Å². The van der Waals surface area contributed by atoms with E-state index in [-0.39, 0.29) is 17.3 Å². The molecule has 0 aliphatic carbocycles. The predicted molar refractivity (Wildman–Crippen MR) is 84.9 cm³/mol. The summed E-state index contributed by atoms with van der Waals surface area (Å²) in [5, 5.41) is 5.99. The minimum Gasteiger partial charge on any atom is -0.432 e. The monoisotopic (exact) mass is 323 g/mol. The second-order valence-corrected chi connectivity index (χ2v) is 5.45. The zero-order valence-corrected chi connectivity index (χ0v) is 13.0. The smallest absolute Gasteiger partial charge is 0.387 e. The number of anilines is 1. The molecule has 0 spiro atoms. The van der Waals surface area contributed by atoms with Crippen molar-refractivity contribution in [1.29, 1.82) is 0 Å². The molecule has 23 heavy (non-hydrogen) atoms. The molecule has 0 bridgehead atoms. The van der Waals surface area contributed by atoms with Crippen molar-refractivity contribution in [3.05, 3.63) is 30.5 Å². The molecule has 0 radical (unpaired) electrons. The third-order valence-electron chi connectivity index (χ3n) is 3.20. The molecule has 1 heterocycles. The van der Waals surface area contributed by atoms with Crippen LogP contribution < -0.4 is 15.4 Å². The van der Waals surface area contributed by atoms with Gasteiger partial charge in [-0.2, -0.15) is 8.78 Å². The van der Waals surface area contributed by atoms with Gasteiger partial charge in [0.25, 0.3) is 0 Å². The van der Waals surface area contributed by atoms with Crippen LogP contribution in [0, 0.1) is 5.92 Å². The molecule has 2 N–H and O–H groups in total. The highest BCUT2D eigenvalue weighted by Gasteiger charge is 2.13. The molecule has 2 rings (SSSR count). The minimum absolute atomic E-state index is 0.0265. The lowest BCUT2D eigenvalue weighted by Crippen LogP contribution is -2.30. The molecule has 2 aromatic rings. The van der Waals surface area contributed by atoms with Crippen LogP contribution in [0.4, 0.5) is 19.3 Å². The number of nitrogens with one attached hydrogen (secondary N) is 2. The summed E-state index contributed by atoms with van der Waals surface area (Å²) in [6, 6.07) is 5.88. The van der Waals surface area contributed by atoms with Gasteiger partial charge >= 0.3 is 12.6 Å². The number of nitrogens with zero attached hydrogens (tertiary/aromatic N) is 1. The van der Waals surface area contributed by atoms with E-state index in [9.17, 15) is 13.6 Å². The molecule has 0 atom stereocenters. The van der Waals surface area contributed by atoms with Gasteiger partial charge in [-0.15, -0.1) is 0 Å². The van der Waals surface area contributed by atoms with Gasteiger partial charge in [0, 0.05) is 18.1 Å². The molecule has 0 aliphatic rings. The lowest BCUT2D eigenvalue weighted by molar-refractivity contribution is -0.0489. The standard InChI is InChI=1S/C16H19F2N3O2/c1-10(2)7-9-20-16(22)21-12-5-6-13(23-15(17)18)14-11(12)4-3-8-19-14/h3-6,8,10,15H,7,9H2,1-2H3,(H2,20,21,22). The molecule has 2 amide bonds.